The number of carboxylic acid groups (broad SMARTS) is 1. The van der Waals surface area contributed by atoms with Crippen LogP contribution in [0.5, 0.6) is 0 Å². The molecule has 0 spiro atoms. The number of fused-ring (bicyclic) bond motifs is 2. The lowest BCUT2D eigenvalue weighted by molar-refractivity contribution is 0.0695. The van der Waals surface area contributed by atoms with Gasteiger partial charge in [0.2, 0.25) is 0 Å². The minimum absolute atomic E-state index is 0.00783. The van der Waals surface area contributed by atoms with Gasteiger partial charge >= 0.3 is 5.97 Å². The lowest BCUT2D eigenvalue weighted by Gasteiger charge is -2.15. The first-order chi connectivity index (χ1) is 20.1. The van der Waals surface area contributed by atoms with Gasteiger partial charge in [0.25, 0.3) is 22.7 Å². The van der Waals surface area contributed by atoms with Gasteiger partial charge in [-0.05, 0) is 54.2 Å². The number of nitrogens with one attached hydrogen (secondary N) is 2. The molecule has 0 radical (unpaired) electrons. The Hall–Kier alpha value is -5.72. The van der Waals surface area contributed by atoms with Gasteiger partial charge in [-0.25, -0.2) is 19.4 Å². The number of carboxylic acids is 1. The first-order valence-electron chi connectivity index (χ1n) is 13.0. The maximum Gasteiger partial charge on any atom is 0.335 e. The number of benzene rings is 2. The van der Waals surface area contributed by atoms with Crippen LogP contribution < -0.4 is 27.2 Å². The van der Waals surface area contributed by atoms with Crippen LogP contribution in [-0.4, -0.2) is 42.6 Å². The number of aromatic nitrogens is 4. The summed E-state index contributed by atoms with van der Waals surface area (Å²) in [6.45, 7) is 1.86. The molecule has 5 aromatic rings. The van der Waals surface area contributed by atoms with Crippen molar-refractivity contribution in [1.82, 2.24) is 30.4 Å². The fourth-order valence-electron chi connectivity index (χ4n) is 5.33. The fourth-order valence-corrected chi connectivity index (χ4v) is 5.33. The van der Waals surface area contributed by atoms with Gasteiger partial charge in [-0.3, -0.25) is 19.2 Å². The van der Waals surface area contributed by atoms with Crippen molar-refractivity contribution in [1.29, 1.82) is 0 Å². The summed E-state index contributed by atoms with van der Waals surface area (Å²) in [6.07, 6.45) is 3.92. The van der Waals surface area contributed by atoms with Crippen LogP contribution in [0, 0.1) is 6.92 Å². The number of hydrogen-bond donors (Lipinski definition) is 4. The zero-order valence-corrected chi connectivity index (χ0v) is 22.2. The average molecular weight is 566 g/mol. The van der Waals surface area contributed by atoms with Gasteiger partial charge in [0, 0.05) is 18.0 Å². The van der Waals surface area contributed by atoms with Crippen molar-refractivity contribution in [2.45, 2.75) is 32.4 Å². The molecule has 0 unspecified atom stereocenters. The Bertz CT molecular complexity index is 2020. The normalized spacial score (nSPS) is 14.2. The third kappa shape index (κ3) is 4.36. The first kappa shape index (κ1) is 26.5. The zero-order valence-electron chi connectivity index (χ0n) is 22.2. The Kier molecular flexibility index (Phi) is 6.33. The Balaban J connectivity index is 1.14. The molecule has 1 atom stereocenters. The lowest BCUT2D eigenvalue weighted by Crippen LogP contribution is -2.38. The Morgan fingerprint density at radius 2 is 1.81 bits per heavy atom. The van der Waals surface area contributed by atoms with E-state index in [1.165, 1.54) is 10.7 Å². The van der Waals surface area contributed by atoms with Gasteiger partial charge < -0.3 is 21.5 Å². The van der Waals surface area contributed by atoms with Crippen LogP contribution in [0.4, 0.5) is 5.69 Å². The number of anilines is 1. The molecule has 42 heavy (non-hydrogen) atoms. The van der Waals surface area contributed by atoms with E-state index in [2.05, 4.69) is 25.7 Å². The highest BCUT2D eigenvalue weighted by molar-refractivity contribution is 5.97. The number of rotatable bonds is 7. The quantitative estimate of drug-likeness (QED) is 0.209. The Morgan fingerprint density at radius 1 is 1.05 bits per heavy atom. The van der Waals surface area contributed by atoms with E-state index in [1.54, 1.807) is 43.5 Å². The second-order valence-electron chi connectivity index (χ2n) is 10.0. The van der Waals surface area contributed by atoms with E-state index in [1.807, 2.05) is 0 Å². The summed E-state index contributed by atoms with van der Waals surface area (Å²) in [7, 11) is 0. The highest BCUT2D eigenvalue weighted by Crippen LogP contribution is 2.34. The van der Waals surface area contributed by atoms with Gasteiger partial charge in [0.15, 0.2) is 0 Å². The summed E-state index contributed by atoms with van der Waals surface area (Å²) in [5.74, 6) is -2.01. The third-order valence-corrected chi connectivity index (χ3v) is 7.58. The van der Waals surface area contributed by atoms with E-state index < -0.39 is 28.6 Å². The zero-order chi connectivity index (χ0) is 29.7. The predicted octanol–water partition coefficient (Wildman–Crippen LogP) is 1.35. The lowest BCUT2D eigenvalue weighted by atomic mass is 9.98. The van der Waals surface area contributed by atoms with Crippen LogP contribution in [0.3, 0.4) is 0 Å². The molecule has 1 aliphatic rings. The maximum absolute atomic E-state index is 13.0. The Morgan fingerprint density at radius 3 is 2.55 bits per heavy atom. The minimum Gasteiger partial charge on any atom is -0.478 e. The van der Waals surface area contributed by atoms with Gasteiger partial charge in [0.05, 0.1) is 23.3 Å². The van der Waals surface area contributed by atoms with Crippen LogP contribution in [0.25, 0.3) is 16.6 Å². The minimum atomic E-state index is -0.993. The molecular formula is C29H23N7O6. The molecule has 0 saturated heterocycles. The molecule has 5 N–H and O–H groups in total. The number of nitrogens with zero attached hydrogens (tertiary/aromatic N) is 4. The molecule has 3 aromatic carbocycles. The topological polar surface area (TPSA) is 199 Å². The summed E-state index contributed by atoms with van der Waals surface area (Å²) >= 11 is 0. The van der Waals surface area contributed by atoms with E-state index >= 15 is 0 Å². The largest absolute Gasteiger partial charge is 0.478 e. The number of carbonyl (C=O) groups excluding carboxylic acids is 2. The molecule has 0 saturated carbocycles. The summed E-state index contributed by atoms with van der Waals surface area (Å²) in [4.78, 5) is 68.9. The summed E-state index contributed by atoms with van der Waals surface area (Å²) in [5.41, 5.74) is 8.05. The number of aromatic carboxylic acids is 1. The second kappa shape index (κ2) is 10.0. The molecule has 0 aliphatic heterocycles. The number of nitrogen functional groups attached to an aromatic ring is 1. The van der Waals surface area contributed by atoms with Crippen LogP contribution in [0.1, 0.15) is 66.1 Å². The molecule has 0 fully saturated rings. The van der Waals surface area contributed by atoms with Gasteiger partial charge in [-0.2, -0.15) is 5.10 Å². The van der Waals surface area contributed by atoms with Crippen molar-refractivity contribution >= 4 is 34.4 Å². The average Bonchev–Trinajstić information content (AvgIpc) is 3.60. The molecule has 2 heterocycles. The van der Waals surface area contributed by atoms with Crippen LogP contribution in [0.15, 0.2) is 58.5 Å². The van der Waals surface area contributed by atoms with Crippen LogP contribution >= 0.6 is 0 Å². The van der Waals surface area contributed by atoms with E-state index in [0.29, 0.717) is 34.9 Å². The standard InChI is InChI=1S/C29H23N7O6/c1-13-16-6-7-19(18(16)5-4-17(13)29(41)42)35-28(40)21-9-20(32-12-33-21)27(39)31-10-14-2-3-15-11-34-36(22(15)8-14)24-23(30)25(37)26(24)38/h2-5,8-9,11-12,19H,6-7,10,30H2,1H3,(H,31,39)(H,35,40)(H,41,42)/t19-/m0/s1. The first-order valence-corrected chi connectivity index (χ1v) is 13.0. The summed E-state index contributed by atoms with van der Waals surface area (Å²) < 4.78 is 1.31. The number of nitrogens with two attached hydrogens (primary N) is 1. The van der Waals surface area contributed by atoms with Crippen molar-refractivity contribution in [3.8, 4) is 5.69 Å². The molecule has 13 heteroatoms. The molecule has 210 valence electrons. The van der Waals surface area contributed by atoms with Crippen molar-refractivity contribution in [3.05, 3.63) is 109 Å². The van der Waals surface area contributed by atoms with Crippen molar-refractivity contribution < 1.29 is 19.5 Å². The fraction of sp³-hybridized carbons (Fsp3) is 0.172. The van der Waals surface area contributed by atoms with Crippen LogP contribution in [0.2, 0.25) is 0 Å². The highest BCUT2D eigenvalue weighted by Gasteiger charge is 2.28. The smallest absolute Gasteiger partial charge is 0.335 e. The molecule has 2 aromatic heterocycles. The summed E-state index contributed by atoms with van der Waals surface area (Å²) in [5, 5.41) is 19.9. The van der Waals surface area contributed by atoms with Crippen LogP contribution in [-0.2, 0) is 13.0 Å². The number of amides is 2. The molecule has 1 aliphatic carbocycles. The van der Waals surface area contributed by atoms with Gasteiger partial charge in [0.1, 0.15) is 29.1 Å². The predicted molar refractivity (Wildman–Crippen MR) is 150 cm³/mol. The maximum atomic E-state index is 13.0. The van der Waals surface area contributed by atoms with Gasteiger partial charge in [-0.1, -0.05) is 18.2 Å². The monoisotopic (exact) mass is 565 g/mol. The van der Waals surface area contributed by atoms with Crippen molar-refractivity contribution in [2.24, 2.45) is 0 Å². The van der Waals surface area contributed by atoms with Crippen molar-refractivity contribution in [2.75, 3.05) is 5.73 Å². The van der Waals surface area contributed by atoms with E-state index in [-0.39, 0.29) is 40.9 Å². The van der Waals surface area contributed by atoms with Gasteiger partial charge in [-0.15, -0.1) is 0 Å². The third-order valence-electron chi connectivity index (χ3n) is 7.58. The molecule has 0 bridgehead atoms. The highest BCUT2D eigenvalue weighted by atomic mass is 16.4. The Labute approximate surface area is 236 Å². The second-order valence-corrected chi connectivity index (χ2v) is 10.0. The number of hydrogen-bond acceptors (Lipinski definition) is 9. The SMILES string of the molecule is Cc1c(C(=O)O)ccc2c1CC[C@@H]2NC(=O)c1cc(C(=O)NCc2ccc3cnn(-c4c(N)c(=O)c4=O)c3c2)ncn1. The van der Waals surface area contributed by atoms with E-state index in [0.717, 1.165) is 17.5 Å². The molecule has 6 rings (SSSR count). The summed E-state index contributed by atoms with van der Waals surface area (Å²) in [6, 6.07) is 9.51. The molecule has 2 amide bonds. The van der Waals surface area contributed by atoms with Crippen molar-refractivity contribution in [3.63, 3.8) is 0 Å². The molecular weight excluding hydrogens is 542 g/mol. The van der Waals surface area contributed by atoms with E-state index in [9.17, 15) is 29.1 Å². The van der Waals surface area contributed by atoms with E-state index in [4.69, 9.17) is 5.73 Å². The molecule has 13 nitrogen and oxygen atoms in total. The number of carbonyl (C=O) groups is 3.